The van der Waals surface area contributed by atoms with E-state index in [1.807, 2.05) is 36.0 Å². The normalized spacial score (nSPS) is 18.2. The largest absolute Gasteiger partial charge is 0.497 e. The molecule has 28 heavy (non-hydrogen) atoms. The van der Waals surface area contributed by atoms with Crippen molar-refractivity contribution in [1.82, 2.24) is 14.7 Å². The van der Waals surface area contributed by atoms with Crippen molar-refractivity contribution >= 4 is 0 Å². The molecule has 2 heterocycles. The lowest BCUT2D eigenvalue weighted by Gasteiger charge is -2.36. The maximum absolute atomic E-state index is 6.01. The molecule has 1 aromatic heterocycles. The fraction of sp³-hybridized carbons (Fsp3) is 0.591. The smallest absolute Gasteiger partial charge is 0.123 e. The number of morpholine rings is 1. The summed E-state index contributed by atoms with van der Waals surface area (Å²) < 4.78 is 19.1. The molecule has 154 valence electrons. The van der Waals surface area contributed by atoms with Gasteiger partial charge in [0.05, 0.1) is 26.0 Å². The third-order valence-corrected chi connectivity index (χ3v) is 4.84. The zero-order valence-electron chi connectivity index (χ0n) is 17.8. The molecule has 1 aromatic carbocycles. The van der Waals surface area contributed by atoms with Gasteiger partial charge in [-0.15, -0.1) is 0 Å². The lowest BCUT2D eigenvalue weighted by Crippen LogP contribution is -2.42. The third kappa shape index (κ3) is 5.72. The Morgan fingerprint density at radius 1 is 1.21 bits per heavy atom. The Hall–Kier alpha value is -2.05. The summed E-state index contributed by atoms with van der Waals surface area (Å²) in [6, 6.07) is 9.83. The van der Waals surface area contributed by atoms with Gasteiger partial charge in [0.15, 0.2) is 0 Å². The van der Waals surface area contributed by atoms with Gasteiger partial charge in [-0.25, -0.2) is 0 Å². The summed E-state index contributed by atoms with van der Waals surface area (Å²) in [7, 11) is 3.65. The topological polar surface area (TPSA) is 48.8 Å². The number of aryl methyl sites for hydroxylation is 1. The van der Waals surface area contributed by atoms with Gasteiger partial charge in [-0.3, -0.25) is 9.58 Å². The van der Waals surface area contributed by atoms with Gasteiger partial charge in [0.2, 0.25) is 0 Å². The summed E-state index contributed by atoms with van der Waals surface area (Å²) in [4.78, 5) is 2.48. The molecule has 3 rings (SSSR count). The zero-order chi connectivity index (χ0) is 20.1. The number of nitrogens with zero attached hydrogens (tertiary/aromatic N) is 3. The van der Waals surface area contributed by atoms with Crippen LogP contribution in [0, 0.1) is 5.41 Å². The molecule has 0 unspecified atom stereocenters. The molecule has 0 saturated carbocycles. The molecule has 1 saturated heterocycles. The molecule has 1 aliphatic rings. The van der Waals surface area contributed by atoms with Crippen molar-refractivity contribution < 1.29 is 14.2 Å². The first kappa shape index (κ1) is 20.7. The van der Waals surface area contributed by atoms with Crippen LogP contribution in [0.2, 0.25) is 0 Å². The second kappa shape index (κ2) is 8.97. The highest BCUT2D eigenvalue weighted by atomic mass is 16.5. The Labute approximate surface area is 168 Å². The first-order chi connectivity index (χ1) is 13.3. The van der Waals surface area contributed by atoms with Gasteiger partial charge in [-0.05, 0) is 23.6 Å². The number of methoxy groups -OCH3 is 1. The standard InChI is InChI=1S/C22H33N3O3/c1-22(2,3)16-25-10-12-28-21(15-25)20-13-17(24(4)23-20)9-11-27-19-8-6-7-18(14-19)26-5/h6-8,13-14,21H,9-12,15-16H2,1-5H3/t21-/m0/s1. The molecule has 2 aromatic rings. The first-order valence-electron chi connectivity index (χ1n) is 9.98. The Balaban J connectivity index is 1.56. The van der Waals surface area contributed by atoms with Crippen LogP contribution in [0.1, 0.15) is 38.3 Å². The number of ether oxygens (including phenoxy) is 3. The van der Waals surface area contributed by atoms with E-state index >= 15 is 0 Å². The molecule has 6 nitrogen and oxygen atoms in total. The number of hydrogen-bond donors (Lipinski definition) is 0. The Morgan fingerprint density at radius 2 is 2.00 bits per heavy atom. The van der Waals surface area contributed by atoms with E-state index in [4.69, 9.17) is 19.3 Å². The highest BCUT2D eigenvalue weighted by Crippen LogP contribution is 2.25. The summed E-state index contributed by atoms with van der Waals surface area (Å²) in [5.74, 6) is 1.62. The summed E-state index contributed by atoms with van der Waals surface area (Å²) in [5, 5.41) is 4.71. The van der Waals surface area contributed by atoms with Crippen LogP contribution in [-0.2, 0) is 18.2 Å². The van der Waals surface area contributed by atoms with Gasteiger partial charge in [-0.2, -0.15) is 5.10 Å². The van der Waals surface area contributed by atoms with Crippen LogP contribution >= 0.6 is 0 Å². The van der Waals surface area contributed by atoms with E-state index in [1.165, 1.54) is 0 Å². The molecule has 1 atom stereocenters. The van der Waals surface area contributed by atoms with Crippen molar-refractivity contribution in [3.63, 3.8) is 0 Å². The number of rotatable bonds is 7. The molecule has 6 heteroatoms. The molecule has 0 spiro atoms. The van der Waals surface area contributed by atoms with Gasteiger partial charge in [0.1, 0.15) is 17.6 Å². The Bertz CT molecular complexity index is 767. The third-order valence-electron chi connectivity index (χ3n) is 4.84. The fourth-order valence-electron chi connectivity index (χ4n) is 3.58. The van der Waals surface area contributed by atoms with E-state index in [1.54, 1.807) is 7.11 Å². The summed E-state index contributed by atoms with van der Waals surface area (Å²) >= 11 is 0. The molecular weight excluding hydrogens is 354 g/mol. The molecule has 1 fully saturated rings. The van der Waals surface area contributed by atoms with Crippen LogP contribution < -0.4 is 9.47 Å². The number of aromatic nitrogens is 2. The van der Waals surface area contributed by atoms with Crippen molar-refractivity contribution in [2.75, 3.05) is 40.0 Å². The van der Waals surface area contributed by atoms with Crippen LogP contribution in [0.15, 0.2) is 30.3 Å². The van der Waals surface area contributed by atoms with Crippen LogP contribution in [0.3, 0.4) is 0 Å². The Morgan fingerprint density at radius 3 is 2.75 bits per heavy atom. The van der Waals surface area contributed by atoms with E-state index in [-0.39, 0.29) is 11.5 Å². The first-order valence-corrected chi connectivity index (χ1v) is 9.98. The van der Waals surface area contributed by atoms with E-state index in [0.29, 0.717) is 6.61 Å². The second-order valence-electron chi connectivity index (χ2n) is 8.62. The predicted molar refractivity (Wildman–Crippen MR) is 110 cm³/mol. The highest BCUT2D eigenvalue weighted by Gasteiger charge is 2.27. The SMILES string of the molecule is COc1cccc(OCCc2cc([C@@H]3CN(CC(C)(C)C)CCO3)nn2C)c1. The van der Waals surface area contributed by atoms with E-state index in [9.17, 15) is 0 Å². The zero-order valence-corrected chi connectivity index (χ0v) is 17.8. The van der Waals surface area contributed by atoms with Crippen molar-refractivity contribution in [3.05, 3.63) is 41.7 Å². The summed E-state index contributed by atoms with van der Waals surface area (Å²) in [6.07, 6.45) is 0.828. The van der Waals surface area contributed by atoms with Crippen molar-refractivity contribution in [2.24, 2.45) is 12.5 Å². The Kier molecular flexibility index (Phi) is 6.62. The molecular formula is C22H33N3O3. The maximum Gasteiger partial charge on any atom is 0.123 e. The van der Waals surface area contributed by atoms with Crippen LogP contribution in [0.4, 0.5) is 0 Å². The molecule has 0 radical (unpaired) electrons. The van der Waals surface area contributed by atoms with Gasteiger partial charge in [0.25, 0.3) is 0 Å². The minimum absolute atomic E-state index is 0.0374. The number of hydrogen-bond acceptors (Lipinski definition) is 5. The average molecular weight is 388 g/mol. The number of benzene rings is 1. The molecule has 0 N–H and O–H groups in total. The minimum atomic E-state index is 0.0374. The van der Waals surface area contributed by atoms with E-state index < -0.39 is 0 Å². The molecule has 0 amide bonds. The van der Waals surface area contributed by atoms with Crippen molar-refractivity contribution in [2.45, 2.75) is 33.3 Å². The van der Waals surface area contributed by atoms with E-state index in [0.717, 1.165) is 55.5 Å². The summed E-state index contributed by atoms with van der Waals surface area (Å²) in [6.45, 7) is 11.1. The lowest BCUT2D eigenvalue weighted by molar-refractivity contribution is -0.0409. The van der Waals surface area contributed by atoms with Gasteiger partial charge in [-0.1, -0.05) is 26.8 Å². The van der Waals surface area contributed by atoms with Crippen LogP contribution in [-0.4, -0.2) is 54.6 Å². The minimum Gasteiger partial charge on any atom is -0.497 e. The monoisotopic (exact) mass is 387 g/mol. The summed E-state index contributed by atoms with van der Waals surface area (Å²) in [5.41, 5.74) is 2.45. The average Bonchev–Trinajstić information content (AvgIpc) is 3.02. The van der Waals surface area contributed by atoms with Crippen molar-refractivity contribution in [3.8, 4) is 11.5 Å². The van der Waals surface area contributed by atoms with Crippen LogP contribution in [0.25, 0.3) is 0 Å². The second-order valence-corrected chi connectivity index (χ2v) is 8.62. The molecule has 1 aliphatic heterocycles. The van der Waals surface area contributed by atoms with Crippen molar-refractivity contribution in [1.29, 1.82) is 0 Å². The highest BCUT2D eigenvalue weighted by molar-refractivity contribution is 5.32. The quantitative estimate of drug-likeness (QED) is 0.728. The fourth-order valence-corrected chi connectivity index (χ4v) is 3.58. The van der Waals surface area contributed by atoms with E-state index in [2.05, 4.69) is 31.7 Å². The van der Waals surface area contributed by atoms with Gasteiger partial charge in [0, 0.05) is 44.9 Å². The van der Waals surface area contributed by atoms with Crippen LogP contribution in [0.5, 0.6) is 11.5 Å². The van der Waals surface area contributed by atoms with Gasteiger partial charge >= 0.3 is 0 Å². The maximum atomic E-state index is 6.01. The predicted octanol–water partition coefficient (Wildman–Crippen LogP) is 3.47. The molecule has 0 aliphatic carbocycles. The lowest BCUT2D eigenvalue weighted by atomic mass is 9.95. The van der Waals surface area contributed by atoms with Gasteiger partial charge < -0.3 is 14.2 Å². The molecule has 0 bridgehead atoms.